The smallest absolute Gasteiger partial charge is 0.215 e. The molecule has 154 valence electrons. The SMILES string of the molecule is CCNC(=NCCS(=O)(=O)N1CCSCC1)NCCc1cccc(Cl)c1.I. The Kier molecular flexibility index (Phi) is 12.0. The van der Waals surface area contributed by atoms with Gasteiger partial charge in [-0.05, 0) is 31.0 Å². The summed E-state index contributed by atoms with van der Waals surface area (Å²) in [5.41, 5.74) is 1.14. The summed E-state index contributed by atoms with van der Waals surface area (Å²) in [4.78, 5) is 4.40. The van der Waals surface area contributed by atoms with Gasteiger partial charge in [0.2, 0.25) is 10.0 Å². The van der Waals surface area contributed by atoms with E-state index >= 15 is 0 Å². The predicted molar refractivity (Wildman–Crippen MR) is 127 cm³/mol. The van der Waals surface area contributed by atoms with E-state index < -0.39 is 10.0 Å². The molecule has 10 heteroatoms. The normalized spacial score (nSPS) is 15.9. The van der Waals surface area contributed by atoms with Crippen LogP contribution >= 0.6 is 47.3 Å². The van der Waals surface area contributed by atoms with Crippen molar-refractivity contribution >= 4 is 63.3 Å². The molecule has 2 rings (SSSR count). The number of aliphatic imine (C=N–C) groups is 1. The number of sulfonamides is 1. The number of thioether (sulfide) groups is 1. The zero-order valence-corrected chi connectivity index (χ0v) is 20.2. The van der Waals surface area contributed by atoms with Crippen LogP contribution < -0.4 is 10.6 Å². The van der Waals surface area contributed by atoms with E-state index in [9.17, 15) is 8.42 Å². The van der Waals surface area contributed by atoms with Gasteiger partial charge in [0.25, 0.3) is 0 Å². The Balaban J connectivity index is 0.00000364. The highest BCUT2D eigenvalue weighted by molar-refractivity contribution is 14.0. The van der Waals surface area contributed by atoms with Gasteiger partial charge >= 0.3 is 0 Å². The Labute approximate surface area is 189 Å². The molecule has 2 N–H and O–H groups in total. The van der Waals surface area contributed by atoms with Crippen molar-refractivity contribution in [3.05, 3.63) is 34.9 Å². The second kappa shape index (κ2) is 13.1. The van der Waals surface area contributed by atoms with Crippen LogP contribution in [0.25, 0.3) is 0 Å². The molecule has 0 bridgehead atoms. The van der Waals surface area contributed by atoms with Crippen molar-refractivity contribution in [2.45, 2.75) is 13.3 Å². The number of hydrogen-bond donors (Lipinski definition) is 2. The van der Waals surface area contributed by atoms with Crippen LogP contribution in [0.3, 0.4) is 0 Å². The molecule has 1 aromatic rings. The largest absolute Gasteiger partial charge is 0.357 e. The molecule has 0 radical (unpaired) electrons. The summed E-state index contributed by atoms with van der Waals surface area (Å²) >= 11 is 7.79. The van der Waals surface area contributed by atoms with Crippen LogP contribution in [0.1, 0.15) is 12.5 Å². The number of benzene rings is 1. The van der Waals surface area contributed by atoms with E-state index in [0.29, 0.717) is 25.6 Å². The molecule has 1 aliphatic heterocycles. The van der Waals surface area contributed by atoms with Crippen molar-refractivity contribution in [1.82, 2.24) is 14.9 Å². The molecule has 6 nitrogen and oxygen atoms in total. The number of rotatable bonds is 8. The molecule has 27 heavy (non-hydrogen) atoms. The monoisotopic (exact) mass is 546 g/mol. The lowest BCUT2D eigenvalue weighted by atomic mass is 10.1. The predicted octanol–water partition coefficient (Wildman–Crippen LogP) is 2.43. The van der Waals surface area contributed by atoms with Crippen LogP contribution in [-0.4, -0.2) is 68.7 Å². The van der Waals surface area contributed by atoms with Gasteiger partial charge in [-0.3, -0.25) is 4.99 Å². The topological polar surface area (TPSA) is 73.8 Å². The minimum absolute atomic E-state index is 0. The highest BCUT2D eigenvalue weighted by Crippen LogP contribution is 2.13. The third-order valence-corrected chi connectivity index (χ3v) is 6.95. The van der Waals surface area contributed by atoms with Crippen molar-refractivity contribution in [2.24, 2.45) is 4.99 Å². The van der Waals surface area contributed by atoms with Crippen LogP contribution in [0.2, 0.25) is 5.02 Å². The fourth-order valence-corrected chi connectivity index (χ4v) is 5.25. The van der Waals surface area contributed by atoms with Gasteiger partial charge in [-0.2, -0.15) is 11.8 Å². The molecule has 1 aromatic carbocycles. The minimum Gasteiger partial charge on any atom is -0.357 e. The van der Waals surface area contributed by atoms with Gasteiger partial charge in [-0.1, -0.05) is 23.7 Å². The van der Waals surface area contributed by atoms with Crippen LogP contribution in [0.15, 0.2) is 29.3 Å². The summed E-state index contributed by atoms with van der Waals surface area (Å²) in [6.45, 7) is 4.86. The maximum absolute atomic E-state index is 12.4. The van der Waals surface area contributed by atoms with Crippen molar-refractivity contribution in [1.29, 1.82) is 0 Å². The van der Waals surface area contributed by atoms with Crippen LogP contribution in [0.5, 0.6) is 0 Å². The molecule has 0 atom stereocenters. The lowest BCUT2D eigenvalue weighted by Crippen LogP contribution is -2.41. The van der Waals surface area contributed by atoms with E-state index in [4.69, 9.17) is 11.6 Å². The van der Waals surface area contributed by atoms with Crippen molar-refractivity contribution in [2.75, 3.05) is 50.0 Å². The first-order valence-corrected chi connectivity index (χ1v) is 12.0. The molecular weight excluding hydrogens is 519 g/mol. The summed E-state index contributed by atoms with van der Waals surface area (Å²) in [6.07, 6.45) is 0.814. The molecule has 1 heterocycles. The van der Waals surface area contributed by atoms with E-state index in [2.05, 4.69) is 15.6 Å². The summed E-state index contributed by atoms with van der Waals surface area (Å²) in [5, 5.41) is 7.11. The average molecular weight is 547 g/mol. The minimum atomic E-state index is -3.22. The highest BCUT2D eigenvalue weighted by atomic mass is 127. The van der Waals surface area contributed by atoms with Gasteiger partial charge < -0.3 is 10.6 Å². The van der Waals surface area contributed by atoms with E-state index in [0.717, 1.165) is 35.1 Å². The Morgan fingerprint density at radius 3 is 2.70 bits per heavy atom. The van der Waals surface area contributed by atoms with Crippen molar-refractivity contribution < 1.29 is 8.42 Å². The fourth-order valence-electron chi connectivity index (χ4n) is 2.59. The lowest BCUT2D eigenvalue weighted by molar-refractivity contribution is 0.444. The molecule has 1 aliphatic rings. The first kappa shape index (κ1) is 24.8. The zero-order valence-electron chi connectivity index (χ0n) is 15.5. The molecule has 0 aliphatic carbocycles. The maximum Gasteiger partial charge on any atom is 0.215 e. The summed E-state index contributed by atoms with van der Waals surface area (Å²) in [5.74, 6) is 2.42. The molecule has 0 amide bonds. The summed E-state index contributed by atoms with van der Waals surface area (Å²) < 4.78 is 26.3. The van der Waals surface area contributed by atoms with Gasteiger partial charge in [0.1, 0.15) is 0 Å². The van der Waals surface area contributed by atoms with E-state index in [1.165, 1.54) is 0 Å². The van der Waals surface area contributed by atoms with Gasteiger partial charge in [-0.15, -0.1) is 24.0 Å². The number of halogens is 2. The second-order valence-corrected chi connectivity index (χ2v) is 9.64. The Morgan fingerprint density at radius 2 is 2.04 bits per heavy atom. The van der Waals surface area contributed by atoms with Crippen LogP contribution in [0.4, 0.5) is 0 Å². The molecule has 0 saturated carbocycles. The molecular formula is C17H28ClIN4O2S2. The van der Waals surface area contributed by atoms with Crippen molar-refractivity contribution in [3.63, 3.8) is 0 Å². The van der Waals surface area contributed by atoms with Crippen LogP contribution in [0, 0.1) is 0 Å². The Hall–Kier alpha value is -0.230. The van der Waals surface area contributed by atoms with Gasteiger partial charge in [-0.25, -0.2) is 12.7 Å². The standard InChI is InChI=1S/C17H27ClN4O2S2.HI/c1-2-19-17(20-7-6-15-4-3-5-16(18)14-15)21-8-13-26(23,24)22-9-11-25-12-10-22;/h3-5,14H,2,6-13H2,1H3,(H2,19,20,21);1H. The lowest BCUT2D eigenvalue weighted by Gasteiger charge is -2.25. The molecule has 0 aromatic heterocycles. The first-order chi connectivity index (χ1) is 12.5. The van der Waals surface area contributed by atoms with Crippen molar-refractivity contribution in [3.8, 4) is 0 Å². The molecule has 1 saturated heterocycles. The number of guanidine groups is 1. The fraction of sp³-hybridized carbons (Fsp3) is 0.588. The first-order valence-electron chi connectivity index (χ1n) is 8.83. The molecule has 0 spiro atoms. The highest BCUT2D eigenvalue weighted by Gasteiger charge is 2.23. The average Bonchev–Trinajstić information content (AvgIpc) is 2.62. The Bertz CT molecular complexity index is 698. The van der Waals surface area contributed by atoms with Gasteiger partial charge in [0.15, 0.2) is 5.96 Å². The van der Waals surface area contributed by atoms with Gasteiger partial charge in [0.05, 0.1) is 12.3 Å². The van der Waals surface area contributed by atoms with E-state index in [-0.39, 0.29) is 36.3 Å². The zero-order chi connectivity index (χ0) is 18.8. The third kappa shape index (κ3) is 9.21. The number of nitrogens with one attached hydrogen (secondary N) is 2. The second-order valence-electron chi connectivity index (χ2n) is 5.89. The van der Waals surface area contributed by atoms with Crippen LogP contribution in [-0.2, 0) is 16.4 Å². The third-order valence-electron chi connectivity index (χ3n) is 3.92. The number of hydrogen-bond acceptors (Lipinski definition) is 4. The molecule has 0 unspecified atom stereocenters. The summed E-state index contributed by atoms with van der Waals surface area (Å²) in [6, 6.07) is 7.75. The summed E-state index contributed by atoms with van der Waals surface area (Å²) in [7, 11) is -3.22. The van der Waals surface area contributed by atoms with E-state index in [1.54, 1.807) is 16.1 Å². The number of nitrogens with zero attached hydrogens (tertiary/aromatic N) is 2. The Morgan fingerprint density at radius 1 is 1.30 bits per heavy atom. The quantitative estimate of drug-likeness (QED) is 0.298. The van der Waals surface area contributed by atoms with E-state index in [1.807, 2.05) is 31.2 Å². The maximum atomic E-state index is 12.4. The van der Waals surface area contributed by atoms with Gasteiger partial charge in [0, 0.05) is 42.7 Å². The molecule has 1 fully saturated rings.